The van der Waals surface area contributed by atoms with Crippen LogP contribution >= 0.6 is 34.7 Å². The predicted octanol–water partition coefficient (Wildman–Crippen LogP) is 0.338. The molecule has 44 heavy (non-hydrogen) atoms. The molecule has 0 aliphatic carbocycles. The van der Waals surface area contributed by atoms with Crippen LogP contribution < -0.4 is 15.6 Å². The Morgan fingerprint density at radius 2 is 2.05 bits per heavy atom. The van der Waals surface area contributed by atoms with Crippen molar-refractivity contribution in [1.82, 2.24) is 19.8 Å². The number of anilines is 1. The number of amides is 2. The largest absolute Gasteiger partial charge is 0.480 e. The maximum Gasteiger partial charge on any atom is 0.352 e. The topological polar surface area (TPSA) is 231 Å². The fourth-order valence-electron chi connectivity index (χ4n) is 4.69. The first-order valence-corrected chi connectivity index (χ1v) is 14.9. The number of aliphatic carboxylic acids is 3. The van der Waals surface area contributed by atoms with Crippen LogP contribution in [0.15, 0.2) is 47.0 Å². The van der Waals surface area contributed by atoms with Gasteiger partial charge in [-0.1, -0.05) is 28.1 Å². The van der Waals surface area contributed by atoms with Gasteiger partial charge in [-0.15, -0.1) is 11.8 Å². The third-order valence-corrected chi connectivity index (χ3v) is 9.13. The molecule has 1 fully saturated rings. The molecule has 19 heteroatoms. The van der Waals surface area contributed by atoms with Crippen LogP contribution in [-0.4, -0.2) is 88.5 Å². The van der Waals surface area contributed by atoms with E-state index in [1.54, 1.807) is 39.7 Å². The number of β-lactam (4-membered cyclic amide) rings is 1. The smallest absolute Gasteiger partial charge is 0.352 e. The van der Waals surface area contributed by atoms with Crippen LogP contribution in [0.1, 0.15) is 12.6 Å². The molecule has 0 radical (unpaired) electrons. The van der Waals surface area contributed by atoms with Gasteiger partial charge in [-0.25, -0.2) is 14.6 Å². The van der Waals surface area contributed by atoms with Crippen LogP contribution in [0.2, 0.25) is 4.34 Å². The Morgan fingerprint density at radius 3 is 2.68 bits per heavy atom. The highest BCUT2D eigenvalue weighted by Crippen LogP contribution is 2.40. The van der Waals surface area contributed by atoms with Crippen LogP contribution in [0.4, 0.5) is 5.13 Å². The molecule has 3 atom stereocenters. The number of hydrogen-bond donors (Lipinski definition) is 5. The second kappa shape index (κ2) is 12.1. The summed E-state index contributed by atoms with van der Waals surface area (Å²) in [6.45, 7) is 1.05. The van der Waals surface area contributed by atoms with Crippen molar-refractivity contribution >= 4 is 86.3 Å². The Kier molecular flexibility index (Phi) is 8.49. The molecule has 1 saturated heterocycles. The van der Waals surface area contributed by atoms with E-state index in [1.807, 2.05) is 0 Å². The highest BCUT2D eigenvalue weighted by Gasteiger charge is 2.55. The van der Waals surface area contributed by atoms with Crippen molar-refractivity contribution in [2.75, 3.05) is 11.5 Å². The van der Waals surface area contributed by atoms with Gasteiger partial charge < -0.3 is 35.8 Å². The van der Waals surface area contributed by atoms with Crippen molar-refractivity contribution < 1.29 is 48.7 Å². The predicted molar refractivity (Wildman–Crippen MR) is 156 cm³/mol. The highest BCUT2D eigenvalue weighted by atomic mass is 35.5. The highest BCUT2D eigenvalue weighted by molar-refractivity contribution is 8.00. The van der Waals surface area contributed by atoms with E-state index in [2.05, 4.69) is 15.5 Å². The van der Waals surface area contributed by atoms with E-state index in [0.717, 1.165) is 16.2 Å². The second-order valence-corrected chi connectivity index (χ2v) is 12.3. The summed E-state index contributed by atoms with van der Waals surface area (Å²) in [6.07, 6.45) is 1.92. The zero-order chi connectivity index (χ0) is 31.9. The summed E-state index contributed by atoms with van der Waals surface area (Å²) < 4.78 is 3.29. The van der Waals surface area contributed by atoms with Crippen LogP contribution in [0, 0.1) is 0 Å². The van der Waals surface area contributed by atoms with Gasteiger partial charge in [-0.3, -0.25) is 19.3 Å². The molecule has 3 aromatic heterocycles. The lowest BCUT2D eigenvalue weighted by Gasteiger charge is -2.49. The lowest BCUT2D eigenvalue weighted by atomic mass is 10.0. The quantitative estimate of drug-likeness (QED) is 0.0808. The van der Waals surface area contributed by atoms with E-state index >= 15 is 0 Å². The number of carbonyl (C=O) groups is 5. The van der Waals surface area contributed by atoms with Crippen molar-refractivity contribution in [3.05, 3.63) is 51.9 Å². The Balaban J connectivity index is 1.39. The minimum absolute atomic E-state index is 0.00120. The summed E-state index contributed by atoms with van der Waals surface area (Å²) in [4.78, 5) is 71.3. The first-order valence-electron chi connectivity index (χ1n) is 12.7. The number of nitrogens with one attached hydrogen (secondary N) is 1. The van der Waals surface area contributed by atoms with Gasteiger partial charge in [-0.2, -0.15) is 4.57 Å². The van der Waals surface area contributed by atoms with Gasteiger partial charge in [0, 0.05) is 29.7 Å². The van der Waals surface area contributed by atoms with Gasteiger partial charge in [0.1, 0.15) is 39.2 Å². The van der Waals surface area contributed by atoms with Crippen molar-refractivity contribution in [2.45, 2.75) is 37.5 Å². The summed E-state index contributed by atoms with van der Waals surface area (Å²) in [5.74, 6) is -5.14. The Bertz CT molecular complexity index is 1790. The molecule has 16 nitrogen and oxygen atoms in total. The van der Waals surface area contributed by atoms with Crippen LogP contribution in [0.3, 0.4) is 0 Å². The lowest BCUT2D eigenvalue weighted by molar-refractivity contribution is -0.663. The number of nitrogens with two attached hydrogens (primary N) is 1. The van der Waals surface area contributed by atoms with Crippen molar-refractivity contribution in [3.63, 3.8) is 0 Å². The molecule has 230 valence electrons. The molecular formula is C25H23ClN7O9S2+. The number of hydrogen-bond acceptors (Lipinski definition) is 11. The summed E-state index contributed by atoms with van der Waals surface area (Å²) in [6, 6.07) is 4.03. The molecule has 0 aromatic carbocycles. The minimum Gasteiger partial charge on any atom is -0.480 e. The number of thioether (sulfide) groups is 1. The lowest BCUT2D eigenvalue weighted by Crippen LogP contribution is -2.71. The fraction of sp³-hybridized carbons (Fsp3) is 0.280. The number of oxime groups is 1. The molecule has 5 rings (SSSR count). The summed E-state index contributed by atoms with van der Waals surface area (Å²) in [5.41, 5.74) is 6.51. The zero-order valence-electron chi connectivity index (χ0n) is 22.5. The number of aromatic nitrogens is 3. The third-order valence-electron chi connectivity index (χ3n) is 6.71. The van der Waals surface area contributed by atoms with E-state index < -0.39 is 53.0 Å². The summed E-state index contributed by atoms with van der Waals surface area (Å²) in [5, 5.41) is 33.8. The normalized spacial score (nSPS) is 18.9. The van der Waals surface area contributed by atoms with Crippen LogP contribution in [0.5, 0.6) is 0 Å². The number of nitrogen functional groups attached to an aromatic ring is 1. The van der Waals surface area contributed by atoms with Gasteiger partial charge in [0.2, 0.25) is 11.6 Å². The van der Waals surface area contributed by atoms with Crippen LogP contribution in [-0.2, 0) is 41.9 Å². The molecule has 2 aliphatic heterocycles. The molecule has 5 heterocycles. The molecule has 0 saturated carbocycles. The average molecular weight is 665 g/mol. The standard InChI is InChI=1S/C25H22ClN7O9S2/c1-10(23(38)39)42-30-16(15-19(26)44-25(27)29-15)20(36)28-17-21(37)33-18(24(40)41)11(9-43-22(17)33)7-31-5-2-3-12-13(31)4-6-32(12)8-14(34)35/h2-6,10,17,22H,7-9H2,1H3,(H5-,27,28,29,34,35,36,38,39,40,41)/p+1/b30-16-/t10-,17+,22+/m0/s1. The maximum absolute atomic E-state index is 13.3. The van der Waals surface area contributed by atoms with Crippen molar-refractivity contribution in [1.29, 1.82) is 0 Å². The molecule has 0 unspecified atom stereocenters. The number of rotatable bonds is 11. The molecular weight excluding hydrogens is 642 g/mol. The number of carbonyl (C=O) groups excluding carboxylic acids is 2. The molecule has 6 N–H and O–H groups in total. The van der Waals surface area contributed by atoms with Gasteiger partial charge >= 0.3 is 17.9 Å². The maximum atomic E-state index is 13.3. The average Bonchev–Trinajstić information content (AvgIpc) is 3.52. The van der Waals surface area contributed by atoms with E-state index in [0.29, 0.717) is 16.6 Å². The number of nitrogens with zero attached hydrogens (tertiary/aromatic N) is 5. The third kappa shape index (κ3) is 5.78. The monoisotopic (exact) mass is 664 g/mol. The molecule has 2 aliphatic rings. The number of thiazole rings is 1. The van der Waals surface area contributed by atoms with Gasteiger partial charge in [0.15, 0.2) is 23.6 Å². The van der Waals surface area contributed by atoms with Crippen molar-refractivity contribution in [2.24, 2.45) is 5.16 Å². The Morgan fingerprint density at radius 1 is 1.30 bits per heavy atom. The van der Waals surface area contributed by atoms with E-state index in [9.17, 15) is 34.2 Å². The number of fused-ring (bicyclic) bond motifs is 2. The number of carboxylic acid groups (broad SMARTS) is 3. The SMILES string of the molecule is C[C@H](O/N=C(\C(=O)N[C@@H]1C(=O)N2C(C(=O)O)=C(C[n+]3cccc4c3ccn4CC(=O)O)CS[C@H]12)c1nc(N)sc1Cl)C(=O)O. The van der Waals surface area contributed by atoms with Crippen molar-refractivity contribution in [3.8, 4) is 0 Å². The van der Waals surface area contributed by atoms with Gasteiger partial charge in [-0.05, 0) is 13.0 Å². The second-order valence-electron chi connectivity index (χ2n) is 9.56. The molecule has 0 spiro atoms. The van der Waals surface area contributed by atoms with E-state index in [-0.39, 0.29) is 39.7 Å². The first-order chi connectivity index (χ1) is 20.9. The molecule has 2 amide bonds. The Hall–Kier alpha value is -4.68. The number of carboxylic acids is 3. The number of pyridine rings is 1. The summed E-state index contributed by atoms with van der Waals surface area (Å²) in [7, 11) is 0. The molecule has 0 bridgehead atoms. The van der Waals surface area contributed by atoms with Gasteiger partial charge in [0.25, 0.3) is 11.8 Å². The first kappa shape index (κ1) is 30.8. The van der Waals surface area contributed by atoms with E-state index in [1.165, 1.54) is 18.7 Å². The Labute approximate surface area is 260 Å². The molecule has 3 aromatic rings. The zero-order valence-corrected chi connectivity index (χ0v) is 24.9. The number of halogens is 1. The fourth-order valence-corrected chi connectivity index (χ4v) is 6.95. The van der Waals surface area contributed by atoms with E-state index in [4.69, 9.17) is 27.3 Å². The van der Waals surface area contributed by atoms with Gasteiger partial charge in [0.05, 0.1) is 0 Å². The minimum atomic E-state index is -1.43. The summed E-state index contributed by atoms with van der Waals surface area (Å²) >= 11 is 8.22. The van der Waals surface area contributed by atoms with Crippen LogP contribution in [0.25, 0.3) is 11.0 Å².